The number of ether oxygens (including phenoxy) is 2. The van der Waals surface area contributed by atoms with Crippen LogP contribution in [0.15, 0.2) is 237 Å². The van der Waals surface area contributed by atoms with E-state index in [2.05, 4.69) is 23.3 Å². The minimum absolute atomic E-state index is 0. The third-order valence-corrected chi connectivity index (χ3v) is 11.0. The van der Waals surface area contributed by atoms with Gasteiger partial charge in [-0.3, -0.25) is 0 Å². The van der Waals surface area contributed by atoms with Crippen molar-refractivity contribution in [2.24, 2.45) is 0 Å². The number of hydrogen-bond donors (Lipinski definition) is 0. The zero-order valence-electron chi connectivity index (χ0n) is 48.2. The van der Waals surface area contributed by atoms with Crippen molar-refractivity contribution in [1.29, 1.82) is 0 Å². The first-order chi connectivity index (χ1) is 35.6. The molecule has 0 saturated carbocycles. The molecule has 0 aliphatic carbocycles. The van der Waals surface area contributed by atoms with Crippen LogP contribution in [0, 0.1) is 70.1 Å². The molecule has 0 radical (unpaired) electrons. The third kappa shape index (κ3) is 28.0. The van der Waals surface area contributed by atoms with E-state index in [1.165, 1.54) is 25.7 Å². The van der Waals surface area contributed by atoms with Gasteiger partial charge < -0.3 is 64.4 Å². The summed E-state index contributed by atoms with van der Waals surface area (Å²) in [5, 5.41) is 46.6. The predicted molar refractivity (Wildman–Crippen MR) is 332 cm³/mol. The van der Waals surface area contributed by atoms with Crippen LogP contribution >= 0.6 is 0 Å². The molecule has 0 aliphatic heterocycles. The molecule has 0 unspecified atom stereocenters. The zero-order valence-corrected chi connectivity index (χ0v) is 53.1. The van der Waals surface area contributed by atoms with Crippen LogP contribution in [-0.4, -0.2) is 68.1 Å². The predicted octanol–water partition coefficient (Wildman–Crippen LogP) is 14.9. The van der Waals surface area contributed by atoms with E-state index in [-0.39, 0.29) is 122 Å². The zero-order chi connectivity index (χ0) is 52.5. The Labute approximate surface area is 535 Å². The number of carboxylic acid groups (broad SMARTS) is 1. The molecule has 0 saturated heterocycles. The van der Waals surface area contributed by atoms with Crippen molar-refractivity contribution >= 4 is 40.7 Å². The van der Waals surface area contributed by atoms with Crippen molar-refractivity contribution in [2.45, 2.75) is 46.5 Å². The Bertz CT molecular complexity index is 2410. The van der Waals surface area contributed by atoms with Gasteiger partial charge in [0.15, 0.2) is 0 Å². The number of para-hydroxylation sites is 3. The molecule has 0 bridgehead atoms. The minimum Gasteiger partial charge on any atom is -0.872 e. The summed E-state index contributed by atoms with van der Waals surface area (Å²) in [5.74, 6) is -0.834. The molecular weight excluding hydrogens is 1160 g/mol. The van der Waals surface area contributed by atoms with E-state index in [1.807, 2.05) is 237 Å². The van der Waals surface area contributed by atoms with E-state index in [1.54, 1.807) is 14.2 Å². The third-order valence-electron chi connectivity index (χ3n) is 11.0. The molecular formula is C70H78Al2O7Sm-2. The summed E-state index contributed by atoms with van der Waals surface area (Å²) in [5.41, 5.74) is 10.3. The van der Waals surface area contributed by atoms with Gasteiger partial charge in [-0.1, -0.05) is 293 Å². The first kappa shape index (κ1) is 80.7. The topological polar surface area (TPSA) is 128 Å². The Morgan fingerprint density at radius 1 is 0.338 bits per heavy atom. The summed E-state index contributed by atoms with van der Waals surface area (Å²) in [6.45, 7) is 6.82. The Hall–Kier alpha value is -5.83. The summed E-state index contributed by atoms with van der Waals surface area (Å²) in [6, 6.07) is 75.8. The SMILES string of the molecule is CC(=O)[O-].CCCCCC.COCCOC.[Al+3].[Al+3].[CH3-].[CH3-].[CH3-].[CH3-].[O-]c1c(-c2ccccc2)cccc1-c1ccccc1.[O-]c1c(-c2ccccc2)cccc1-c1ccccc1.[O-]c1c(-c2ccccc2)cccc1-c1ccccc1.[Sm]. The van der Waals surface area contributed by atoms with E-state index in [0.29, 0.717) is 13.2 Å². The maximum absolute atomic E-state index is 12.6. The molecule has 0 N–H and O–H groups in total. The molecule has 0 aromatic heterocycles. The van der Waals surface area contributed by atoms with Crippen LogP contribution in [0.4, 0.5) is 0 Å². The van der Waals surface area contributed by atoms with Crippen molar-refractivity contribution in [1.82, 2.24) is 0 Å². The van der Waals surface area contributed by atoms with Crippen molar-refractivity contribution < 1.29 is 75.1 Å². The number of hydrogen-bond acceptors (Lipinski definition) is 7. The number of rotatable bonds is 12. The smallest absolute Gasteiger partial charge is 0.872 e. The number of carbonyl (C=O) groups is 1. The van der Waals surface area contributed by atoms with Gasteiger partial charge in [0.2, 0.25) is 0 Å². The second kappa shape index (κ2) is 47.9. The average molecular weight is 1240 g/mol. The van der Waals surface area contributed by atoms with E-state index in [4.69, 9.17) is 9.90 Å². The molecule has 414 valence electrons. The van der Waals surface area contributed by atoms with Gasteiger partial charge in [-0.05, 0) is 73.7 Å². The molecule has 9 aromatic rings. The van der Waals surface area contributed by atoms with E-state index >= 15 is 0 Å². The second-order valence-electron chi connectivity index (χ2n) is 16.4. The van der Waals surface area contributed by atoms with E-state index in [0.717, 1.165) is 73.7 Å². The van der Waals surface area contributed by atoms with Gasteiger partial charge >= 0.3 is 34.7 Å². The van der Waals surface area contributed by atoms with Crippen molar-refractivity contribution in [3.05, 3.63) is 266 Å². The number of aliphatic carboxylic acids is 1. The van der Waals surface area contributed by atoms with Crippen LogP contribution in [0.3, 0.4) is 0 Å². The van der Waals surface area contributed by atoms with Crippen LogP contribution in [0.5, 0.6) is 17.2 Å². The minimum atomic E-state index is -1.08. The molecule has 0 atom stereocenters. The summed E-state index contributed by atoms with van der Waals surface area (Å²) in [4.78, 5) is 8.89. The second-order valence-corrected chi connectivity index (χ2v) is 16.4. The Kier molecular flexibility index (Phi) is 48.3. The molecule has 0 aliphatic rings. The maximum Gasteiger partial charge on any atom is 3.00 e. The van der Waals surface area contributed by atoms with Gasteiger partial charge in [0.1, 0.15) is 0 Å². The number of carbonyl (C=O) groups excluding carboxylic acids is 1. The first-order valence-corrected chi connectivity index (χ1v) is 24.5. The van der Waals surface area contributed by atoms with Gasteiger partial charge in [0, 0.05) is 60.6 Å². The van der Waals surface area contributed by atoms with Gasteiger partial charge in [-0.15, -0.1) is 0 Å². The summed E-state index contributed by atoms with van der Waals surface area (Å²) >= 11 is 0. The van der Waals surface area contributed by atoms with Crippen molar-refractivity contribution in [2.75, 3.05) is 27.4 Å². The Morgan fingerprint density at radius 3 is 0.613 bits per heavy atom. The van der Waals surface area contributed by atoms with Crippen LogP contribution in [0.1, 0.15) is 46.5 Å². The summed E-state index contributed by atoms with van der Waals surface area (Å²) in [7, 11) is 3.30. The normalized spacial score (nSPS) is 9.01. The van der Waals surface area contributed by atoms with Gasteiger partial charge in [-0.2, -0.15) is 0 Å². The van der Waals surface area contributed by atoms with Crippen LogP contribution < -0.4 is 20.4 Å². The number of benzene rings is 9. The molecule has 0 amide bonds. The van der Waals surface area contributed by atoms with Gasteiger partial charge in [-0.25, -0.2) is 0 Å². The fourth-order valence-electron chi connectivity index (χ4n) is 7.35. The number of unbranched alkanes of at least 4 members (excludes halogenated alkanes) is 3. The Balaban J connectivity index is -0.000000459. The van der Waals surface area contributed by atoms with Crippen LogP contribution in [0.25, 0.3) is 66.8 Å². The molecule has 7 nitrogen and oxygen atoms in total. The van der Waals surface area contributed by atoms with Gasteiger partial charge in [0.05, 0.1) is 13.2 Å². The van der Waals surface area contributed by atoms with Gasteiger partial charge in [0.25, 0.3) is 0 Å². The van der Waals surface area contributed by atoms with Crippen LogP contribution in [-0.2, 0) is 14.3 Å². The Morgan fingerprint density at radius 2 is 0.487 bits per heavy atom. The fourth-order valence-corrected chi connectivity index (χ4v) is 7.35. The standard InChI is InChI=1S/3C18H14O.C6H14.C4H10O2.C2H4O2.4CH3.2Al.Sm/c3*19-18-16(14-8-3-1-4-9-14)12-7-13-17(18)15-10-5-2-6-11-15;1-3-5-6-4-2;1-5-3-4-6-2;1-2(3)4;;;;;;;/h3*1-13,19H;3-6H2,1-2H3;3-4H2,1-2H3;1H3,(H,3,4);4*1H3;;;/q;;;;;;4*-1;2*+3;/p-4. The maximum atomic E-state index is 12.6. The average Bonchev–Trinajstić information content (AvgIpc) is 3.44. The fraction of sp³-hybridized carbons (Fsp3) is 0.157. The summed E-state index contributed by atoms with van der Waals surface area (Å²) in [6.07, 6.45) is 5.54. The van der Waals surface area contributed by atoms with Crippen molar-refractivity contribution in [3.63, 3.8) is 0 Å². The summed E-state index contributed by atoms with van der Waals surface area (Å²) < 4.78 is 9.31. The molecule has 80 heavy (non-hydrogen) atoms. The van der Waals surface area contributed by atoms with E-state index < -0.39 is 5.97 Å². The number of carboxylic acids is 1. The molecule has 0 heterocycles. The quantitative estimate of drug-likeness (QED) is 0.0677. The largest absolute Gasteiger partial charge is 3.00 e. The molecule has 0 spiro atoms. The van der Waals surface area contributed by atoms with Crippen molar-refractivity contribution in [3.8, 4) is 84.0 Å². The monoisotopic (exact) mass is 1240 g/mol. The first-order valence-electron chi connectivity index (χ1n) is 24.5. The van der Waals surface area contributed by atoms with Crippen LogP contribution in [0.2, 0.25) is 0 Å². The molecule has 9 aromatic carbocycles. The molecule has 0 fully saturated rings. The molecule has 10 heteroatoms. The number of methoxy groups -OCH3 is 2. The van der Waals surface area contributed by atoms with E-state index in [9.17, 15) is 15.3 Å². The molecule has 9 rings (SSSR count).